The van der Waals surface area contributed by atoms with Gasteiger partial charge in [0.1, 0.15) is 24.0 Å². The average Bonchev–Trinajstić information content (AvgIpc) is 2.93. The zero-order valence-corrected chi connectivity index (χ0v) is 13.6. The van der Waals surface area contributed by atoms with Gasteiger partial charge in [0.15, 0.2) is 0 Å². The van der Waals surface area contributed by atoms with E-state index in [2.05, 4.69) is 26.6 Å². The standard InChI is InChI=1S/C17H21N5O/c1-3-7-15-21-14-12-19-13-8-6-9-18-16(13)17(14)22(15)11-5-4-10-20-23-2/h6,8-10,12H,3-5,7,11H2,1-2H3/b20-10+. The molecular weight excluding hydrogens is 290 g/mol. The van der Waals surface area contributed by atoms with Crippen molar-refractivity contribution in [3.63, 3.8) is 0 Å². The van der Waals surface area contributed by atoms with Crippen LogP contribution in [0, 0.1) is 0 Å². The Bertz CT molecular complexity index is 824. The molecule has 0 amide bonds. The predicted octanol–water partition coefficient (Wildman–Crippen LogP) is 3.34. The molecule has 0 saturated carbocycles. The lowest BCUT2D eigenvalue weighted by Crippen LogP contribution is -2.05. The fourth-order valence-corrected chi connectivity index (χ4v) is 2.80. The van der Waals surface area contributed by atoms with E-state index in [0.29, 0.717) is 0 Å². The van der Waals surface area contributed by atoms with Crippen molar-refractivity contribution < 1.29 is 4.84 Å². The molecule has 6 heteroatoms. The number of hydrogen-bond acceptors (Lipinski definition) is 5. The third kappa shape index (κ3) is 3.16. The summed E-state index contributed by atoms with van der Waals surface area (Å²) in [5.41, 5.74) is 3.84. The Balaban J connectivity index is 2.02. The largest absolute Gasteiger partial charge is 0.399 e. The van der Waals surface area contributed by atoms with Crippen LogP contribution in [0.1, 0.15) is 32.0 Å². The van der Waals surface area contributed by atoms with E-state index in [0.717, 1.165) is 60.1 Å². The number of oxime groups is 1. The SMILES string of the molecule is CCCc1nc2cnc3cccnc3c2n1CCC/C=N/OC. The monoisotopic (exact) mass is 311 g/mol. The van der Waals surface area contributed by atoms with E-state index >= 15 is 0 Å². The molecular formula is C17H21N5O. The summed E-state index contributed by atoms with van der Waals surface area (Å²) in [6.45, 7) is 3.06. The molecule has 0 N–H and O–H groups in total. The summed E-state index contributed by atoms with van der Waals surface area (Å²) < 4.78 is 2.29. The first kappa shape index (κ1) is 15.4. The average molecular weight is 311 g/mol. The molecule has 3 rings (SSSR count). The van der Waals surface area contributed by atoms with Gasteiger partial charge in [-0.05, 0) is 31.4 Å². The molecule has 0 aromatic carbocycles. The number of nitrogens with zero attached hydrogens (tertiary/aromatic N) is 5. The molecule has 0 fully saturated rings. The number of imidazole rings is 1. The summed E-state index contributed by atoms with van der Waals surface area (Å²) in [6, 6.07) is 3.90. The molecule has 23 heavy (non-hydrogen) atoms. The third-order valence-electron chi connectivity index (χ3n) is 3.78. The number of pyridine rings is 2. The number of unbranched alkanes of at least 4 members (excludes halogenated alkanes) is 1. The number of rotatable bonds is 7. The Hall–Kier alpha value is -2.50. The first-order valence-electron chi connectivity index (χ1n) is 7.99. The molecule has 0 aliphatic carbocycles. The number of hydrogen-bond donors (Lipinski definition) is 0. The second-order valence-electron chi connectivity index (χ2n) is 5.41. The first-order chi connectivity index (χ1) is 11.3. The molecule has 3 heterocycles. The lowest BCUT2D eigenvalue weighted by Gasteiger charge is -2.08. The second-order valence-corrected chi connectivity index (χ2v) is 5.41. The van der Waals surface area contributed by atoms with Gasteiger partial charge in [-0.2, -0.15) is 0 Å². The van der Waals surface area contributed by atoms with E-state index < -0.39 is 0 Å². The van der Waals surface area contributed by atoms with Crippen molar-refractivity contribution in [3.05, 3.63) is 30.4 Å². The third-order valence-corrected chi connectivity index (χ3v) is 3.78. The summed E-state index contributed by atoms with van der Waals surface area (Å²) in [4.78, 5) is 18.5. The van der Waals surface area contributed by atoms with Gasteiger partial charge in [0.25, 0.3) is 0 Å². The maximum Gasteiger partial charge on any atom is 0.115 e. The molecule has 0 aliphatic heterocycles. The van der Waals surface area contributed by atoms with Crippen LogP contribution in [-0.2, 0) is 17.8 Å². The van der Waals surface area contributed by atoms with Crippen molar-refractivity contribution in [3.8, 4) is 0 Å². The smallest absolute Gasteiger partial charge is 0.115 e. The van der Waals surface area contributed by atoms with Crippen LogP contribution in [0.3, 0.4) is 0 Å². The van der Waals surface area contributed by atoms with Crippen LogP contribution < -0.4 is 0 Å². The highest BCUT2D eigenvalue weighted by molar-refractivity contribution is 5.99. The van der Waals surface area contributed by atoms with E-state index in [1.54, 1.807) is 13.3 Å². The van der Waals surface area contributed by atoms with Gasteiger partial charge >= 0.3 is 0 Å². The van der Waals surface area contributed by atoms with Crippen LogP contribution in [0.2, 0.25) is 0 Å². The molecule has 0 saturated heterocycles. The zero-order valence-electron chi connectivity index (χ0n) is 13.6. The van der Waals surface area contributed by atoms with Gasteiger partial charge in [0, 0.05) is 25.4 Å². The second kappa shape index (κ2) is 7.17. The Kier molecular flexibility index (Phi) is 4.80. The van der Waals surface area contributed by atoms with Crippen molar-refractivity contribution in [1.82, 2.24) is 19.5 Å². The predicted molar refractivity (Wildman–Crippen MR) is 91.6 cm³/mol. The Morgan fingerprint density at radius 1 is 1.30 bits per heavy atom. The molecule has 6 nitrogen and oxygen atoms in total. The van der Waals surface area contributed by atoms with Gasteiger partial charge in [-0.15, -0.1) is 0 Å². The zero-order chi connectivity index (χ0) is 16.1. The minimum atomic E-state index is 0.871. The van der Waals surface area contributed by atoms with Crippen LogP contribution in [-0.4, -0.2) is 32.8 Å². The normalized spacial score (nSPS) is 11.7. The number of aryl methyl sites for hydroxylation is 2. The Labute approximate surface area is 135 Å². The summed E-state index contributed by atoms with van der Waals surface area (Å²) >= 11 is 0. The number of fused-ring (bicyclic) bond motifs is 3. The first-order valence-corrected chi connectivity index (χ1v) is 7.99. The van der Waals surface area contributed by atoms with E-state index in [-0.39, 0.29) is 0 Å². The summed E-state index contributed by atoms with van der Waals surface area (Å²) in [5, 5.41) is 3.79. The highest BCUT2D eigenvalue weighted by Crippen LogP contribution is 2.24. The van der Waals surface area contributed by atoms with Gasteiger partial charge in [-0.1, -0.05) is 12.1 Å². The molecule has 3 aromatic rings. The van der Waals surface area contributed by atoms with E-state index in [1.807, 2.05) is 24.5 Å². The fourth-order valence-electron chi connectivity index (χ4n) is 2.80. The molecule has 0 radical (unpaired) electrons. The van der Waals surface area contributed by atoms with Gasteiger partial charge < -0.3 is 9.40 Å². The highest BCUT2D eigenvalue weighted by atomic mass is 16.6. The molecule has 0 unspecified atom stereocenters. The summed E-state index contributed by atoms with van der Waals surface area (Å²) in [5.74, 6) is 1.10. The van der Waals surface area contributed by atoms with Crippen LogP contribution in [0.15, 0.2) is 29.7 Å². The quantitative estimate of drug-likeness (QED) is 0.381. The van der Waals surface area contributed by atoms with Crippen molar-refractivity contribution in [1.29, 1.82) is 0 Å². The van der Waals surface area contributed by atoms with Crippen LogP contribution in [0.4, 0.5) is 0 Å². The molecule has 120 valence electrons. The lowest BCUT2D eigenvalue weighted by molar-refractivity contribution is 0.214. The maximum atomic E-state index is 4.77. The van der Waals surface area contributed by atoms with Crippen LogP contribution in [0.25, 0.3) is 22.1 Å². The maximum absolute atomic E-state index is 4.77. The van der Waals surface area contributed by atoms with E-state index in [4.69, 9.17) is 9.82 Å². The molecule has 0 spiro atoms. The van der Waals surface area contributed by atoms with Crippen LogP contribution in [0.5, 0.6) is 0 Å². The van der Waals surface area contributed by atoms with Crippen molar-refractivity contribution in [2.75, 3.05) is 7.11 Å². The Morgan fingerprint density at radius 3 is 3.04 bits per heavy atom. The number of aromatic nitrogens is 4. The topological polar surface area (TPSA) is 65.2 Å². The highest BCUT2D eigenvalue weighted by Gasteiger charge is 2.14. The minimum absolute atomic E-state index is 0.871. The van der Waals surface area contributed by atoms with E-state index in [1.165, 1.54) is 0 Å². The van der Waals surface area contributed by atoms with Gasteiger partial charge in [0.2, 0.25) is 0 Å². The lowest BCUT2D eigenvalue weighted by atomic mass is 10.2. The Morgan fingerprint density at radius 2 is 2.22 bits per heavy atom. The molecule has 0 aliphatic rings. The molecule has 0 atom stereocenters. The summed E-state index contributed by atoms with van der Waals surface area (Å²) in [7, 11) is 1.56. The van der Waals surface area contributed by atoms with Gasteiger partial charge in [0.05, 0.1) is 17.2 Å². The van der Waals surface area contributed by atoms with Crippen molar-refractivity contribution >= 4 is 28.3 Å². The van der Waals surface area contributed by atoms with E-state index in [9.17, 15) is 0 Å². The van der Waals surface area contributed by atoms with Crippen molar-refractivity contribution in [2.45, 2.75) is 39.2 Å². The van der Waals surface area contributed by atoms with Crippen LogP contribution >= 0.6 is 0 Å². The fraction of sp³-hybridized carbons (Fsp3) is 0.412. The molecule has 0 bridgehead atoms. The van der Waals surface area contributed by atoms with Gasteiger partial charge in [-0.25, -0.2) is 4.98 Å². The van der Waals surface area contributed by atoms with Crippen molar-refractivity contribution in [2.24, 2.45) is 5.16 Å². The minimum Gasteiger partial charge on any atom is -0.399 e. The van der Waals surface area contributed by atoms with Gasteiger partial charge in [-0.3, -0.25) is 9.97 Å². The summed E-state index contributed by atoms with van der Waals surface area (Å²) in [6.07, 6.45) is 9.33. The molecule has 3 aromatic heterocycles.